The Balaban J connectivity index is 0.000000110. The number of imide groups is 8. The predicted octanol–water partition coefficient (Wildman–Crippen LogP) is 18.1. The number of rotatable bonds is 4. The molecule has 4 aromatic heterocycles. The molecule has 24 nitrogen and oxygen atoms in total. The van der Waals surface area contributed by atoms with Gasteiger partial charge in [-0.3, -0.25) is 0 Å². The van der Waals surface area contributed by atoms with Crippen molar-refractivity contribution in [3.05, 3.63) is 323 Å². The summed E-state index contributed by atoms with van der Waals surface area (Å²) in [4.78, 5) is 168. The number of barbiturate groups is 4. The molecule has 1 atom stereocenters. The van der Waals surface area contributed by atoms with E-state index in [-0.39, 0.29) is 113 Å². The van der Waals surface area contributed by atoms with Gasteiger partial charge in [-0.05, 0) is 0 Å². The minimum atomic E-state index is -0.609. The van der Waals surface area contributed by atoms with E-state index < -0.39 is 71.4 Å². The molecular weight excluding hydrogens is 2010 g/mol. The third kappa shape index (κ3) is 13.6. The molecule has 139 heavy (non-hydrogen) atoms. The normalized spacial score (nSPS) is 18.9. The van der Waals surface area contributed by atoms with Gasteiger partial charge >= 0.3 is 835 Å². The Bertz CT molecular complexity index is 7670. The number of hydrogen-bond acceptors (Lipinski definition) is 16. The van der Waals surface area contributed by atoms with Crippen LogP contribution in [0.3, 0.4) is 0 Å². The van der Waals surface area contributed by atoms with Crippen LogP contribution in [-0.4, -0.2) is 225 Å². The van der Waals surface area contributed by atoms with E-state index in [9.17, 15) is 57.5 Å². The number of carbonyl (C=O) groups excluding carboxylic acids is 12. The second-order valence-corrected chi connectivity index (χ2v) is 48.6. The molecule has 698 valence electrons. The van der Waals surface area contributed by atoms with E-state index in [1.807, 2.05) is 0 Å². The van der Waals surface area contributed by atoms with E-state index in [4.69, 9.17) is 0 Å². The van der Waals surface area contributed by atoms with Gasteiger partial charge in [-0.15, -0.1) is 0 Å². The Morgan fingerprint density at radius 2 is 0.504 bits per heavy atom. The first-order valence-corrected chi connectivity index (χ1v) is 52.7. The van der Waals surface area contributed by atoms with Crippen LogP contribution in [0, 0.1) is 0 Å². The van der Waals surface area contributed by atoms with Gasteiger partial charge in [-0.25, -0.2) is 0 Å². The number of benzene rings is 8. The molecule has 12 aromatic rings. The summed E-state index contributed by atoms with van der Waals surface area (Å²) >= 11 is -0.470. The Morgan fingerprint density at radius 3 is 0.892 bits per heavy atom. The molecule has 16 heterocycles. The van der Waals surface area contributed by atoms with Crippen molar-refractivity contribution in [2.75, 3.05) is 76.0 Å². The molecule has 0 radical (unpaired) electrons. The molecule has 0 N–H and O–H groups in total. The first kappa shape index (κ1) is 91.8. The van der Waals surface area contributed by atoms with Gasteiger partial charge in [0.25, 0.3) is 0 Å². The van der Waals surface area contributed by atoms with Crippen LogP contribution in [0.25, 0.3) is 24.3 Å². The van der Waals surface area contributed by atoms with Gasteiger partial charge in [0.05, 0.1) is 0 Å². The van der Waals surface area contributed by atoms with Gasteiger partial charge in [0.15, 0.2) is 0 Å². The summed E-state index contributed by atoms with van der Waals surface area (Å²) in [6.07, 6.45) is 8.50. The molecule has 0 saturated carbocycles. The van der Waals surface area contributed by atoms with Crippen LogP contribution < -0.4 is 19.6 Å². The summed E-state index contributed by atoms with van der Waals surface area (Å²) < 4.78 is 8.78. The molecule has 0 aliphatic carbocycles. The number of fused-ring (bicyclic) bond motifs is 16. The third-order valence-corrected chi connectivity index (χ3v) is 39.0. The van der Waals surface area contributed by atoms with Crippen molar-refractivity contribution in [1.29, 1.82) is 0 Å². The molecule has 12 aliphatic rings. The summed E-state index contributed by atoms with van der Waals surface area (Å²) in [6, 6.07) is 66.7. The van der Waals surface area contributed by atoms with Crippen LogP contribution in [0.5, 0.6) is 0 Å². The average Bonchev–Trinajstić information content (AvgIpc) is 1.66. The van der Waals surface area contributed by atoms with Crippen LogP contribution in [0.1, 0.15) is 189 Å². The van der Waals surface area contributed by atoms with Crippen molar-refractivity contribution in [3.63, 3.8) is 0 Å². The SMILES string of the molecule is CC1c2cc(C=C3C(=O)N(C)C(=O)N(C)C3=O)[se]c2N2c3ccccc3C(C)(C)c3cccc1c32.CN1C(=O)C(=Cc2cc3c([se]2)N2c4ccccc4C(C)(C)c4cccc(c42)C3(C)C)C(=O)N(C)C1=O.CN1C(=O)C(=Cc2cc3c([se]2)N2c4ccccc4C(C)(C)c4cccc(c42)C3)C(=O)N(C)C1=O.CN1C(=O)C(=Cc2cc3c([se]2)N2c4ccccc4Cc4cccc(c42)C3(C)C)C(=O)N(C)C1=O. The monoisotopic (exact) mass is 2110 g/mol. The summed E-state index contributed by atoms with van der Waals surface area (Å²) in [6.45, 7) is 24.9. The zero-order valence-electron chi connectivity index (χ0n) is 80.2. The zero-order valence-corrected chi connectivity index (χ0v) is 87.0. The molecule has 4 saturated heterocycles. The van der Waals surface area contributed by atoms with Crippen molar-refractivity contribution in [1.82, 2.24) is 39.2 Å². The number of amides is 16. The Hall–Kier alpha value is -13.6. The Morgan fingerprint density at radius 1 is 0.245 bits per heavy atom. The number of nitrogens with zero attached hydrogens (tertiary/aromatic N) is 12. The van der Waals surface area contributed by atoms with Crippen molar-refractivity contribution in [2.45, 2.75) is 122 Å². The Labute approximate surface area is 828 Å². The van der Waals surface area contributed by atoms with Crippen molar-refractivity contribution in [2.24, 2.45) is 0 Å². The molecule has 24 rings (SSSR count). The van der Waals surface area contributed by atoms with Gasteiger partial charge < -0.3 is 0 Å². The number of carbonyl (C=O) groups is 12. The fraction of sp³-hybridized carbons (Fsp3) is 0.243. The quantitative estimate of drug-likeness (QED) is 0.0903. The number of likely N-dealkylation sites (N-methyl/N-ethyl adjacent to an activating group) is 8. The second kappa shape index (κ2) is 32.5. The first-order valence-electron chi connectivity index (χ1n) is 45.9. The maximum atomic E-state index is 12.9. The average molecular weight is 2110 g/mol. The molecule has 12 aliphatic heterocycles. The van der Waals surface area contributed by atoms with Crippen LogP contribution in [0.15, 0.2) is 216 Å². The van der Waals surface area contributed by atoms with Gasteiger partial charge in [-0.2, -0.15) is 0 Å². The van der Waals surface area contributed by atoms with Crippen molar-refractivity contribution < 1.29 is 57.5 Å². The molecule has 8 aromatic carbocycles. The molecular formula is C111H98N12O12Se4. The number of para-hydroxylation sites is 8. The summed E-state index contributed by atoms with van der Waals surface area (Å²) in [5.74, 6) is -4.23. The third-order valence-electron chi connectivity index (χ3n) is 29.9. The van der Waals surface area contributed by atoms with E-state index in [1.165, 1.54) is 209 Å². The second-order valence-electron chi connectivity index (χ2n) is 39.7. The fourth-order valence-electron chi connectivity index (χ4n) is 22.0. The maximum absolute atomic E-state index is 12.9. The van der Waals surface area contributed by atoms with E-state index in [1.54, 1.807) is 24.3 Å². The van der Waals surface area contributed by atoms with Gasteiger partial charge in [0.2, 0.25) is 0 Å². The molecule has 4 fully saturated rings. The van der Waals surface area contributed by atoms with Crippen molar-refractivity contribution >= 4 is 217 Å². The summed E-state index contributed by atoms with van der Waals surface area (Å²) in [7, 11) is 11.3. The predicted molar refractivity (Wildman–Crippen MR) is 542 cm³/mol. The van der Waals surface area contributed by atoms with Gasteiger partial charge in [-0.1, -0.05) is 0 Å². The summed E-state index contributed by atoms with van der Waals surface area (Å²) in [5.41, 5.74) is 29.5. The van der Waals surface area contributed by atoms with E-state index in [0.29, 0.717) is 0 Å². The zero-order chi connectivity index (χ0) is 98.4. The summed E-state index contributed by atoms with van der Waals surface area (Å²) in [5, 5.41) is 0. The standard InChI is InChI=1S/C29H27N3O3Se.C28H25N3O3Se.2C27H23N3O3Se/c1-28(2)18-10-7-8-13-22(18)32-23-19(28)11-9-12-20(23)29(3,4)21-15-16(36-26(21)32)14-17-24(33)30(5)27(35)31(6)25(17)34;1-15-17-9-8-11-21-23(17)31(22-12-7-6-10-20(22)28(21,2)3)26-18(15)13-16(35-26)14-19-24(32)29(4)27(34)30(5)25(19)33;1-27(2)19-9-5-6-11-21(19)30-22-15(8-7-10-20(22)27)12-16-13-17(34-25(16)30)14-18-23(31)28(3)26(33)29(4)24(18)32;1-27(2)19-10-7-9-16-12-15-8-5-6-11-21(15)30(22(16)19)25-20(27)14-17(34-25)13-18-23(31)28(3)26(33)29(4)24(18)32/h7-15H,1-6H3;6-15H,1-5H3;2*5-11,13-14H,12H2,1-4H3. The topological polar surface area (TPSA) is 244 Å². The molecule has 0 spiro atoms. The van der Waals surface area contributed by atoms with Crippen LogP contribution in [0.4, 0.5) is 82.9 Å². The minimum absolute atomic E-state index is 0.0313. The van der Waals surface area contributed by atoms with Gasteiger partial charge in [0.1, 0.15) is 0 Å². The van der Waals surface area contributed by atoms with Crippen molar-refractivity contribution in [3.8, 4) is 0 Å². The number of urea groups is 4. The van der Waals surface area contributed by atoms with E-state index >= 15 is 0 Å². The van der Waals surface area contributed by atoms with Crippen LogP contribution >= 0.6 is 0 Å². The first-order chi connectivity index (χ1) is 66.0. The number of anilines is 12. The molecule has 1 unspecified atom stereocenters. The van der Waals surface area contributed by atoms with Crippen LogP contribution in [-0.2, 0) is 78.3 Å². The molecule has 28 heteroatoms. The van der Waals surface area contributed by atoms with Crippen LogP contribution in [0.2, 0.25) is 0 Å². The molecule has 16 amide bonds. The molecule has 0 bridgehead atoms. The fourth-order valence-corrected chi connectivity index (χ4v) is 32.3. The van der Waals surface area contributed by atoms with Gasteiger partial charge in [0, 0.05) is 0 Å². The van der Waals surface area contributed by atoms with E-state index in [2.05, 4.69) is 290 Å². The van der Waals surface area contributed by atoms with E-state index in [0.717, 1.165) is 69.8 Å². The Kier molecular flexibility index (Phi) is 21.4. The number of hydrogen-bond donors (Lipinski definition) is 0.